The number of nitrogens with one attached hydrogen (secondary N) is 1. The fourth-order valence-corrected chi connectivity index (χ4v) is 2.83. The van der Waals surface area contributed by atoms with Gasteiger partial charge in [-0.05, 0) is 36.6 Å². The van der Waals surface area contributed by atoms with Crippen molar-refractivity contribution in [2.24, 2.45) is 0 Å². The summed E-state index contributed by atoms with van der Waals surface area (Å²) in [4.78, 5) is 20.4. The molecule has 1 heterocycles. The molecule has 0 aliphatic carbocycles. The van der Waals surface area contributed by atoms with E-state index in [4.69, 9.17) is 11.6 Å². The number of amides is 1. The molecule has 1 atom stereocenters. The minimum absolute atomic E-state index is 0.111. The molecule has 0 radical (unpaired) electrons. The first kappa shape index (κ1) is 17.2. The Bertz CT molecular complexity index is 442. The predicted molar refractivity (Wildman–Crippen MR) is 84.5 cm³/mol. The monoisotopic (exact) mass is 315 g/mol. The van der Waals surface area contributed by atoms with Gasteiger partial charge in [0.2, 0.25) is 5.28 Å². The van der Waals surface area contributed by atoms with E-state index >= 15 is 0 Å². The maximum Gasteiger partial charge on any atom is 0.255 e. The molecule has 20 heavy (non-hydrogen) atoms. The summed E-state index contributed by atoms with van der Waals surface area (Å²) in [5, 5.41) is 3.89. The van der Waals surface area contributed by atoms with E-state index in [-0.39, 0.29) is 17.2 Å². The summed E-state index contributed by atoms with van der Waals surface area (Å²) in [6, 6.07) is 0.201. The third-order valence-electron chi connectivity index (χ3n) is 2.88. The highest BCUT2D eigenvalue weighted by molar-refractivity contribution is 7.99. The van der Waals surface area contributed by atoms with Gasteiger partial charge >= 0.3 is 0 Å². The second-order valence-electron chi connectivity index (χ2n) is 4.57. The molecule has 0 aliphatic rings. The molecule has 112 valence electrons. The van der Waals surface area contributed by atoms with E-state index in [9.17, 15) is 4.79 Å². The van der Waals surface area contributed by atoms with Crippen LogP contribution in [0, 0.1) is 0 Å². The van der Waals surface area contributed by atoms with Crippen LogP contribution in [0.15, 0.2) is 11.2 Å². The zero-order chi connectivity index (χ0) is 15.0. The van der Waals surface area contributed by atoms with Crippen LogP contribution in [-0.2, 0) is 0 Å². The molecule has 1 aromatic heterocycles. The number of carbonyl (C=O) groups excluding carboxylic acids is 1. The van der Waals surface area contributed by atoms with Gasteiger partial charge in [0.05, 0.1) is 5.56 Å². The first-order valence-corrected chi connectivity index (χ1v) is 8.44. The highest BCUT2D eigenvalue weighted by Gasteiger charge is 2.17. The lowest BCUT2D eigenvalue weighted by Gasteiger charge is -2.16. The van der Waals surface area contributed by atoms with E-state index in [1.807, 2.05) is 0 Å². The molecule has 1 aromatic rings. The Morgan fingerprint density at radius 3 is 2.75 bits per heavy atom. The number of hydrogen-bond donors (Lipinski definition) is 1. The maximum absolute atomic E-state index is 12.3. The highest BCUT2D eigenvalue weighted by Crippen LogP contribution is 2.22. The van der Waals surface area contributed by atoms with Crippen LogP contribution in [0.25, 0.3) is 0 Å². The molecule has 1 amide bonds. The Morgan fingerprint density at radius 1 is 1.40 bits per heavy atom. The van der Waals surface area contributed by atoms with Crippen LogP contribution in [-0.4, -0.2) is 27.7 Å². The molecule has 0 saturated heterocycles. The van der Waals surface area contributed by atoms with Crippen molar-refractivity contribution in [2.45, 2.75) is 57.5 Å². The Labute approximate surface area is 130 Å². The van der Waals surface area contributed by atoms with Gasteiger partial charge in [-0.2, -0.15) is 0 Å². The molecule has 0 aliphatic heterocycles. The third kappa shape index (κ3) is 5.29. The topological polar surface area (TPSA) is 54.9 Å². The van der Waals surface area contributed by atoms with Gasteiger partial charge in [-0.3, -0.25) is 4.79 Å². The average molecular weight is 316 g/mol. The molecule has 1 rings (SSSR count). The van der Waals surface area contributed by atoms with Crippen LogP contribution >= 0.6 is 23.4 Å². The zero-order valence-corrected chi connectivity index (χ0v) is 13.9. The summed E-state index contributed by atoms with van der Waals surface area (Å²) in [6.07, 6.45) is 5.48. The van der Waals surface area contributed by atoms with Crippen molar-refractivity contribution < 1.29 is 4.79 Å². The molecule has 4 nitrogen and oxygen atoms in total. The van der Waals surface area contributed by atoms with Crippen LogP contribution in [0.2, 0.25) is 5.28 Å². The number of hydrogen-bond acceptors (Lipinski definition) is 4. The molecule has 6 heteroatoms. The van der Waals surface area contributed by atoms with Crippen molar-refractivity contribution in [1.29, 1.82) is 0 Å². The van der Waals surface area contributed by atoms with E-state index in [1.165, 1.54) is 6.20 Å². The molecule has 0 bridgehead atoms. The number of halogens is 1. The van der Waals surface area contributed by atoms with E-state index in [2.05, 4.69) is 36.1 Å². The Morgan fingerprint density at radius 2 is 2.15 bits per heavy atom. The normalized spacial score (nSPS) is 12.2. The van der Waals surface area contributed by atoms with Crippen molar-refractivity contribution in [3.63, 3.8) is 0 Å². The number of rotatable bonds is 8. The quantitative estimate of drug-likeness (QED) is 0.448. The molecule has 0 saturated carbocycles. The van der Waals surface area contributed by atoms with Gasteiger partial charge in [-0.15, -0.1) is 11.8 Å². The Kier molecular flexibility index (Phi) is 7.92. The first-order chi connectivity index (χ1) is 9.62. The van der Waals surface area contributed by atoms with Gasteiger partial charge in [0.1, 0.15) is 5.03 Å². The summed E-state index contributed by atoms with van der Waals surface area (Å²) >= 11 is 7.36. The highest BCUT2D eigenvalue weighted by atomic mass is 35.5. The standard InChI is InChI=1S/C14H22ClN3OS/c1-4-7-10(6-3)17-12(19)11-9-16-14(15)18-13(11)20-8-5-2/h9-10H,4-8H2,1-3H3,(H,17,19). The third-order valence-corrected chi connectivity index (χ3v) is 4.26. The van der Waals surface area contributed by atoms with Gasteiger partial charge in [-0.25, -0.2) is 9.97 Å². The van der Waals surface area contributed by atoms with Crippen molar-refractivity contribution in [1.82, 2.24) is 15.3 Å². The van der Waals surface area contributed by atoms with E-state index in [1.54, 1.807) is 11.8 Å². The number of thioether (sulfide) groups is 1. The minimum atomic E-state index is -0.111. The van der Waals surface area contributed by atoms with Crippen LogP contribution in [0.3, 0.4) is 0 Å². The van der Waals surface area contributed by atoms with Crippen LogP contribution in [0.1, 0.15) is 56.8 Å². The molecular weight excluding hydrogens is 294 g/mol. The molecule has 0 fully saturated rings. The predicted octanol–water partition coefficient (Wildman–Crippen LogP) is 3.94. The minimum Gasteiger partial charge on any atom is -0.349 e. The summed E-state index contributed by atoms with van der Waals surface area (Å²) in [7, 11) is 0. The zero-order valence-electron chi connectivity index (χ0n) is 12.3. The van der Waals surface area contributed by atoms with Crippen LogP contribution in [0.5, 0.6) is 0 Å². The van der Waals surface area contributed by atoms with E-state index in [0.717, 1.165) is 31.4 Å². The summed E-state index contributed by atoms with van der Waals surface area (Å²) in [5.74, 6) is 0.792. The van der Waals surface area contributed by atoms with Gasteiger partial charge in [0.25, 0.3) is 5.91 Å². The molecule has 1 N–H and O–H groups in total. The lowest BCUT2D eigenvalue weighted by Crippen LogP contribution is -2.34. The lowest BCUT2D eigenvalue weighted by atomic mass is 10.1. The summed E-state index contributed by atoms with van der Waals surface area (Å²) in [5.41, 5.74) is 0.516. The van der Waals surface area contributed by atoms with Crippen LogP contribution in [0.4, 0.5) is 0 Å². The van der Waals surface area contributed by atoms with Crippen molar-refractivity contribution >= 4 is 29.3 Å². The van der Waals surface area contributed by atoms with Gasteiger partial charge in [0.15, 0.2) is 0 Å². The number of aromatic nitrogens is 2. The first-order valence-electron chi connectivity index (χ1n) is 7.08. The van der Waals surface area contributed by atoms with E-state index in [0.29, 0.717) is 10.6 Å². The SMILES string of the molecule is CCCSc1nc(Cl)ncc1C(=O)NC(CC)CCC. The Balaban J connectivity index is 2.85. The lowest BCUT2D eigenvalue weighted by molar-refractivity contribution is 0.0929. The van der Waals surface area contributed by atoms with Crippen LogP contribution < -0.4 is 5.32 Å². The number of carbonyl (C=O) groups is 1. The largest absolute Gasteiger partial charge is 0.349 e. The average Bonchev–Trinajstić information content (AvgIpc) is 2.44. The fraction of sp³-hybridized carbons (Fsp3) is 0.643. The number of nitrogens with zero attached hydrogens (tertiary/aromatic N) is 2. The maximum atomic E-state index is 12.3. The molecule has 0 aromatic carbocycles. The van der Waals surface area contributed by atoms with Gasteiger partial charge < -0.3 is 5.32 Å². The van der Waals surface area contributed by atoms with Crippen molar-refractivity contribution in [3.8, 4) is 0 Å². The van der Waals surface area contributed by atoms with Gasteiger partial charge in [-0.1, -0.05) is 27.2 Å². The second kappa shape index (κ2) is 9.19. The molecule has 0 spiro atoms. The second-order valence-corrected chi connectivity index (χ2v) is 6.00. The summed E-state index contributed by atoms with van der Waals surface area (Å²) in [6.45, 7) is 6.28. The summed E-state index contributed by atoms with van der Waals surface area (Å²) < 4.78 is 0. The van der Waals surface area contributed by atoms with E-state index < -0.39 is 0 Å². The van der Waals surface area contributed by atoms with Crippen molar-refractivity contribution in [3.05, 3.63) is 17.0 Å². The molecule has 1 unspecified atom stereocenters. The molecular formula is C14H22ClN3OS. The van der Waals surface area contributed by atoms with Crippen molar-refractivity contribution in [2.75, 3.05) is 5.75 Å². The smallest absolute Gasteiger partial charge is 0.255 e. The fourth-order valence-electron chi connectivity index (χ4n) is 1.80. The van der Waals surface area contributed by atoms with Gasteiger partial charge in [0, 0.05) is 12.2 Å². The Hall–Kier alpha value is -0.810.